The van der Waals surface area contributed by atoms with Crippen molar-refractivity contribution in [2.45, 2.75) is 6.54 Å². The minimum atomic E-state index is -0.676. The Hall–Kier alpha value is -3.39. The maximum Gasteiger partial charge on any atom is 0.260 e. The summed E-state index contributed by atoms with van der Waals surface area (Å²) in [5, 5.41) is 7.63. The van der Waals surface area contributed by atoms with Crippen molar-refractivity contribution in [3.63, 3.8) is 0 Å². The van der Waals surface area contributed by atoms with Crippen molar-refractivity contribution in [3.8, 4) is 0 Å². The third-order valence-electron chi connectivity index (χ3n) is 4.25. The minimum Gasteiger partial charge on any atom is -0.365 e. The second kappa shape index (κ2) is 8.32. The molecule has 4 aromatic rings. The number of rotatable bonds is 5. The predicted octanol–water partition coefficient (Wildman–Crippen LogP) is 4.79. The molecule has 1 amide bonds. The molecule has 1 aromatic carbocycles. The minimum absolute atomic E-state index is 0.152. The lowest BCUT2D eigenvalue weighted by Crippen LogP contribution is -2.17. The zero-order chi connectivity index (χ0) is 20.2. The molecule has 0 radical (unpaired) electrons. The standard InChI is InChI=1S/C21H15BrFN5O/c22-19-15-4-2-1-3-14(15)11-18(27-19)28-21(29)16-5-6-17(23)26-20(16)25-12-13-7-9-24-10-8-13/h1-11H,12H2,(H,25,26)(H,27,28,29). The molecule has 8 heteroatoms. The van der Waals surface area contributed by atoms with Crippen LogP contribution in [0.15, 0.2) is 71.6 Å². The van der Waals surface area contributed by atoms with Gasteiger partial charge in [-0.15, -0.1) is 0 Å². The molecule has 6 nitrogen and oxygen atoms in total. The highest BCUT2D eigenvalue weighted by Crippen LogP contribution is 2.25. The van der Waals surface area contributed by atoms with Crippen LogP contribution in [0.5, 0.6) is 0 Å². The maximum atomic E-state index is 13.7. The quantitative estimate of drug-likeness (QED) is 0.426. The fraction of sp³-hybridized carbons (Fsp3) is 0.0476. The summed E-state index contributed by atoms with van der Waals surface area (Å²) in [7, 11) is 0. The Morgan fingerprint density at radius 2 is 1.83 bits per heavy atom. The van der Waals surface area contributed by atoms with Crippen LogP contribution in [0.1, 0.15) is 15.9 Å². The van der Waals surface area contributed by atoms with Gasteiger partial charge in [-0.25, -0.2) is 9.97 Å². The first kappa shape index (κ1) is 18.9. The largest absolute Gasteiger partial charge is 0.365 e. The summed E-state index contributed by atoms with van der Waals surface area (Å²) in [5.74, 6) is -0.584. The van der Waals surface area contributed by atoms with E-state index in [2.05, 4.69) is 41.5 Å². The van der Waals surface area contributed by atoms with Crippen molar-refractivity contribution >= 4 is 44.2 Å². The van der Waals surface area contributed by atoms with Crippen LogP contribution in [-0.2, 0) is 6.54 Å². The van der Waals surface area contributed by atoms with E-state index in [1.165, 1.54) is 6.07 Å². The number of aromatic nitrogens is 3. The second-order valence-corrected chi connectivity index (χ2v) is 6.96. The molecule has 0 saturated carbocycles. The van der Waals surface area contributed by atoms with Gasteiger partial charge in [-0.3, -0.25) is 9.78 Å². The Kier molecular flexibility index (Phi) is 5.44. The molecular weight excluding hydrogens is 437 g/mol. The molecular formula is C21H15BrFN5O. The van der Waals surface area contributed by atoms with E-state index in [4.69, 9.17) is 0 Å². The molecule has 0 aliphatic carbocycles. The lowest BCUT2D eigenvalue weighted by Gasteiger charge is -2.12. The summed E-state index contributed by atoms with van der Waals surface area (Å²) < 4.78 is 14.3. The fourth-order valence-electron chi connectivity index (χ4n) is 2.84. The number of carbonyl (C=O) groups is 1. The smallest absolute Gasteiger partial charge is 0.260 e. The normalized spacial score (nSPS) is 10.7. The van der Waals surface area contributed by atoms with Crippen LogP contribution in [0.3, 0.4) is 0 Å². The van der Waals surface area contributed by atoms with Gasteiger partial charge in [-0.1, -0.05) is 24.3 Å². The molecule has 29 heavy (non-hydrogen) atoms. The number of hydrogen-bond acceptors (Lipinski definition) is 5. The highest BCUT2D eigenvalue weighted by Gasteiger charge is 2.15. The van der Waals surface area contributed by atoms with Crippen LogP contribution < -0.4 is 10.6 Å². The monoisotopic (exact) mass is 451 g/mol. The number of anilines is 2. The first-order valence-corrected chi connectivity index (χ1v) is 9.55. The number of hydrogen-bond donors (Lipinski definition) is 2. The number of fused-ring (bicyclic) bond motifs is 1. The van der Waals surface area contributed by atoms with Crippen molar-refractivity contribution in [1.29, 1.82) is 0 Å². The first-order chi connectivity index (χ1) is 14.1. The van der Waals surface area contributed by atoms with E-state index < -0.39 is 11.9 Å². The summed E-state index contributed by atoms with van der Waals surface area (Å²) >= 11 is 3.43. The molecule has 0 spiro atoms. The Bertz CT molecular complexity index is 1190. The van der Waals surface area contributed by atoms with Crippen molar-refractivity contribution in [2.24, 2.45) is 0 Å². The third-order valence-corrected chi connectivity index (χ3v) is 4.86. The third kappa shape index (κ3) is 4.38. The van der Waals surface area contributed by atoms with Crippen molar-refractivity contribution in [3.05, 3.63) is 88.7 Å². The number of amides is 1. The number of nitrogens with zero attached hydrogens (tertiary/aromatic N) is 3. The SMILES string of the molecule is O=C(Nc1cc2ccccc2c(Br)n1)c1ccc(F)nc1NCc1ccncc1. The Morgan fingerprint density at radius 3 is 2.66 bits per heavy atom. The summed E-state index contributed by atoms with van der Waals surface area (Å²) in [6, 6.07) is 15.6. The highest BCUT2D eigenvalue weighted by atomic mass is 79.9. The van der Waals surface area contributed by atoms with Gasteiger partial charge in [0.2, 0.25) is 5.95 Å². The lowest BCUT2D eigenvalue weighted by atomic mass is 10.2. The van der Waals surface area contributed by atoms with Gasteiger partial charge in [0.15, 0.2) is 0 Å². The zero-order valence-electron chi connectivity index (χ0n) is 15.1. The van der Waals surface area contributed by atoms with E-state index in [1.807, 2.05) is 36.4 Å². The van der Waals surface area contributed by atoms with E-state index in [0.29, 0.717) is 17.0 Å². The van der Waals surface area contributed by atoms with Gasteiger partial charge in [0.1, 0.15) is 16.2 Å². The molecule has 144 valence electrons. The van der Waals surface area contributed by atoms with Crippen molar-refractivity contribution in [1.82, 2.24) is 15.0 Å². The van der Waals surface area contributed by atoms with Gasteiger partial charge >= 0.3 is 0 Å². The Morgan fingerprint density at radius 1 is 1.03 bits per heavy atom. The lowest BCUT2D eigenvalue weighted by molar-refractivity contribution is 0.102. The van der Waals surface area contributed by atoms with E-state index in [1.54, 1.807) is 18.5 Å². The van der Waals surface area contributed by atoms with Gasteiger partial charge < -0.3 is 10.6 Å². The van der Waals surface area contributed by atoms with Crippen LogP contribution in [0, 0.1) is 5.95 Å². The van der Waals surface area contributed by atoms with Gasteiger partial charge in [0, 0.05) is 24.3 Å². The molecule has 0 unspecified atom stereocenters. The molecule has 0 saturated heterocycles. The predicted molar refractivity (Wildman–Crippen MR) is 113 cm³/mol. The van der Waals surface area contributed by atoms with Crippen LogP contribution in [0.25, 0.3) is 10.8 Å². The van der Waals surface area contributed by atoms with Crippen molar-refractivity contribution < 1.29 is 9.18 Å². The van der Waals surface area contributed by atoms with Gasteiger partial charge in [0.25, 0.3) is 5.91 Å². The summed E-state index contributed by atoms with van der Waals surface area (Å²) in [5.41, 5.74) is 1.14. The van der Waals surface area contributed by atoms with E-state index in [9.17, 15) is 9.18 Å². The summed E-state index contributed by atoms with van der Waals surface area (Å²) in [4.78, 5) is 25.0. The molecule has 3 aromatic heterocycles. The molecule has 0 atom stereocenters. The number of halogens is 2. The average molecular weight is 452 g/mol. The molecule has 0 aliphatic heterocycles. The van der Waals surface area contributed by atoms with Gasteiger partial charge in [-0.05, 0) is 57.2 Å². The molecule has 0 fully saturated rings. The molecule has 4 rings (SSSR count). The van der Waals surface area contributed by atoms with E-state index in [-0.39, 0.29) is 11.4 Å². The summed E-state index contributed by atoms with van der Waals surface area (Å²) in [6.45, 7) is 0.374. The summed E-state index contributed by atoms with van der Waals surface area (Å²) in [6.07, 6.45) is 3.32. The number of carbonyl (C=O) groups excluding carboxylic acids is 1. The first-order valence-electron chi connectivity index (χ1n) is 8.76. The van der Waals surface area contributed by atoms with Crippen LogP contribution in [0.2, 0.25) is 0 Å². The fourth-order valence-corrected chi connectivity index (χ4v) is 3.40. The number of benzene rings is 1. The zero-order valence-corrected chi connectivity index (χ0v) is 16.6. The van der Waals surface area contributed by atoms with Crippen LogP contribution in [0.4, 0.5) is 16.0 Å². The molecule has 0 aliphatic rings. The molecule has 0 bridgehead atoms. The average Bonchev–Trinajstić information content (AvgIpc) is 2.73. The number of nitrogens with one attached hydrogen (secondary N) is 2. The van der Waals surface area contributed by atoms with E-state index >= 15 is 0 Å². The Labute approximate surface area is 174 Å². The van der Waals surface area contributed by atoms with Gasteiger partial charge in [0.05, 0.1) is 5.56 Å². The highest BCUT2D eigenvalue weighted by molar-refractivity contribution is 9.10. The van der Waals surface area contributed by atoms with E-state index in [0.717, 1.165) is 22.4 Å². The van der Waals surface area contributed by atoms with Crippen molar-refractivity contribution in [2.75, 3.05) is 10.6 Å². The van der Waals surface area contributed by atoms with Crippen LogP contribution in [-0.4, -0.2) is 20.9 Å². The van der Waals surface area contributed by atoms with Gasteiger partial charge in [-0.2, -0.15) is 4.39 Å². The molecule has 3 heterocycles. The molecule has 2 N–H and O–H groups in total. The Balaban J connectivity index is 1.58. The van der Waals surface area contributed by atoms with Crippen LogP contribution >= 0.6 is 15.9 Å². The topological polar surface area (TPSA) is 79.8 Å². The maximum absolute atomic E-state index is 13.7. The number of pyridine rings is 3. The second-order valence-electron chi connectivity index (χ2n) is 6.21.